The Bertz CT molecular complexity index is 513. The van der Waals surface area contributed by atoms with Crippen LogP contribution in [0.4, 0.5) is 9.93 Å². The molecule has 5 nitrogen and oxygen atoms in total. The number of hydrogen-bond donors (Lipinski definition) is 0. The fourth-order valence-electron chi connectivity index (χ4n) is 2.60. The number of aromatic nitrogens is 1. The van der Waals surface area contributed by atoms with Crippen molar-refractivity contribution in [2.24, 2.45) is 5.92 Å². The molecule has 96 valence electrons. The molecule has 0 aromatic carbocycles. The number of amides is 3. The van der Waals surface area contributed by atoms with E-state index in [2.05, 4.69) is 11.9 Å². The molecule has 1 aromatic heterocycles. The van der Waals surface area contributed by atoms with Crippen molar-refractivity contribution in [3.63, 3.8) is 0 Å². The highest BCUT2D eigenvalue weighted by molar-refractivity contribution is 7.15. The van der Waals surface area contributed by atoms with Crippen LogP contribution < -0.4 is 4.90 Å². The van der Waals surface area contributed by atoms with Gasteiger partial charge in [-0.2, -0.15) is 0 Å². The van der Waals surface area contributed by atoms with Crippen LogP contribution in [0.25, 0.3) is 0 Å². The first-order valence-electron chi connectivity index (χ1n) is 6.15. The van der Waals surface area contributed by atoms with Gasteiger partial charge in [-0.15, -0.1) is 11.3 Å². The van der Waals surface area contributed by atoms with E-state index < -0.39 is 0 Å². The number of fused-ring (bicyclic) bond motifs is 1. The standard InChI is InChI=1S/C12H15N3O2S/c1-7-3-4-14-9(5-7)10(16)15(12(14)17)11-13-6-8(2)18-11/h6-7,9H,3-5H2,1-2H3/t7-,9-/m0/s1. The molecule has 1 aromatic rings. The highest BCUT2D eigenvalue weighted by Gasteiger charge is 2.48. The third kappa shape index (κ3) is 1.63. The summed E-state index contributed by atoms with van der Waals surface area (Å²) in [4.78, 5) is 32.7. The number of rotatable bonds is 1. The molecule has 3 amide bonds. The van der Waals surface area contributed by atoms with E-state index in [0.29, 0.717) is 17.6 Å². The van der Waals surface area contributed by atoms with Crippen molar-refractivity contribution in [3.8, 4) is 0 Å². The number of imide groups is 1. The van der Waals surface area contributed by atoms with E-state index >= 15 is 0 Å². The van der Waals surface area contributed by atoms with Gasteiger partial charge in [-0.05, 0) is 25.7 Å². The summed E-state index contributed by atoms with van der Waals surface area (Å²) in [7, 11) is 0. The lowest BCUT2D eigenvalue weighted by Crippen LogP contribution is -2.41. The predicted octanol–water partition coefficient (Wildman–Crippen LogP) is 2.02. The monoisotopic (exact) mass is 265 g/mol. The topological polar surface area (TPSA) is 53.5 Å². The lowest BCUT2D eigenvalue weighted by Gasteiger charge is -2.30. The molecule has 0 aliphatic carbocycles. The van der Waals surface area contributed by atoms with Crippen LogP contribution in [0.2, 0.25) is 0 Å². The van der Waals surface area contributed by atoms with Gasteiger partial charge in [0.15, 0.2) is 0 Å². The lowest BCUT2D eigenvalue weighted by molar-refractivity contribution is -0.120. The smallest absolute Gasteiger partial charge is 0.312 e. The predicted molar refractivity (Wildman–Crippen MR) is 68.6 cm³/mol. The Morgan fingerprint density at radius 3 is 2.89 bits per heavy atom. The van der Waals surface area contributed by atoms with Gasteiger partial charge in [0, 0.05) is 17.6 Å². The van der Waals surface area contributed by atoms with Crippen molar-refractivity contribution in [1.29, 1.82) is 0 Å². The number of piperidine rings is 1. The van der Waals surface area contributed by atoms with Gasteiger partial charge in [-0.3, -0.25) is 4.79 Å². The van der Waals surface area contributed by atoms with E-state index in [1.165, 1.54) is 16.2 Å². The van der Waals surface area contributed by atoms with Crippen molar-refractivity contribution in [2.75, 3.05) is 11.4 Å². The number of hydrogen-bond acceptors (Lipinski definition) is 4. The molecule has 2 fully saturated rings. The Hall–Kier alpha value is -1.43. The number of aryl methyl sites for hydroxylation is 1. The first kappa shape index (κ1) is 11.6. The normalized spacial score (nSPS) is 27.9. The molecular weight excluding hydrogens is 250 g/mol. The van der Waals surface area contributed by atoms with Gasteiger partial charge >= 0.3 is 6.03 Å². The van der Waals surface area contributed by atoms with E-state index in [9.17, 15) is 9.59 Å². The number of carbonyl (C=O) groups excluding carboxylic acids is 2. The molecule has 0 bridgehead atoms. The van der Waals surface area contributed by atoms with Crippen molar-refractivity contribution in [3.05, 3.63) is 11.1 Å². The number of urea groups is 1. The quantitative estimate of drug-likeness (QED) is 0.730. The molecule has 0 unspecified atom stereocenters. The Kier molecular flexibility index (Phi) is 2.62. The van der Waals surface area contributed by atoms with E-state index in [0.717, 1.165) is 17.7 Å². The summed E-state index contributed by atoms with van der Waals surface area (Å²) < 4.78 is 0. The van der Waals surface area contributed by atoms with E-state index in [4.69, 9.17) is 0 Å². The molecule has 0 spiro atoms. The Balaban J connectivity index is 1.93. The minimum Gasteiger partial charge on any atom is -0.312 e. The average molecular weight is 265 g/mol. The molecule has 18 heavy (non-hydrogen) atoms. The SMILES string of the molecule is Cc1cnc(N2C(=O)[C@@H]3C[C@@H](C)CCN3C2=O)s1. The third-order valence-electron chi connectivity index (χ3n) is 3.61. The molecule has 0 radical (unpaired) electrons. The maximum absolute atomic E-state index is 12.3. The molecule has 0 N–H and O–H groups in total. The highest BCUT2D eigenvalue weighted by atomic mass is 32.1. The molecule has 2 atom stereocenters. The van der Waals surface area contributed by atoms with E-state index in [1.807, 2.05) is 6.92 Å². The van der Waals surface area contributed by atoms with Crippen molar-refractivity contribution in [1.82, 2.24) is 9.88 Å². The number of nitrogens with zero attached hydrogens (tertiary/aromatic N) is 3. The zero-order chi connectivity index (χ0) is 12.9. The fourth-order valence-corrected chi connectivity index (χ4v) is 3.36. The van der Waals surface area contributed by atoms with Crippen LogP contribution in [0, 0.1) is 12.8 Å². The summed E-state index contributed by atoms with van der Waals surface area (Å²) >= 11 is 1.39. The number of anilines is 1. The summed E-state index contributed by atoms with van der Waals surface area (Å²) in [5.74, 6) is 0.391. The Morgan fingerprint density at radius 2 is 2.22 bits per heavy atom. The van der Waals surface area contributed by atoms with Crippen LogP contribution in [0.1, 0.15) is 24.6 Å². The summed E-state index contributed by atoms with van der Waals surface area (Å²) in [6, 6.07) is -0.475. The lowest BCUT2D eigenvalue weighted by atomic mass is 9.93. The highest BCUT2D eigenvalue weighted by Crippen LogP contribution is 2.34. The van der Waals surface area contributed by atoms with Gasteiger partial charge < -0.3 is 4.90 Å². The van der Waals surface area contributed by atoms with E-state index in [-0.39, 0.29) is 18.0 Å². The molecule has 6 heteroatoms. The molecule has 3 rings (SSSR count). The minimum atomic E-state index is -0.273. The molecule has 2 aliphatic rings. The summed E-state index contributed by atoms with van der Waals surface area (Å²) in [6.07, 6.45) is 3.44. The number of carbonyl (C=O) groups is 2. The molecule has 2 aliphatic heterocycles. The van der Waals surface area contributed by atoms with Gasteiger partial charge in [0.2, 0.25) is 5.13 Å². The zero-order valence-corrected chi connectivity index (χ0v) is 11.2. The van der Waals surface area contributed by atoms with Crippen LogP contribution in [0.5, 0.6) is 0 Å². The minimum absolute atomic E-state index is 0.110. The van der Waals surface area contributed by atoms with Gasteiger partial charge in [0.1, 0.15) is 6.04 Å². The van der Waals surface area contributed by atoms with Crippen LogP contribution in [0.15, 0.2) is 6.20 Å². The molecule has 2 saturated heterocycles. The average Bonchev–Trinajstić information content (AvgIpc) is 2.84. The molecule has 3 heterocycles. The number of thiazole rings is 1. The maximum Gasteiger partial charge on any atom is 0.333 e. The first-order chi connectivity index (χ1) is 8.58. The molecular formula is C12H15N3O2S. The summed E-state index contributed by atoms with van der Waals surface area (Å²) in [6.45, 7) is 4.73. The van der Waals surface area contributed by atoms with Gasteiger partial charge in [0.25, 0.3) is 5.91 Å². The Labute approximate surface area is 109 Å². The van der Waals surface area contributed by atoms with E-state index in [1.54, 1.807) is 11.1 Å². The van der Waals surface area contributed by atoms with Crippen LogP contribution >= 0.6 is 11.3 Å². The second-order valence-corrected chi connectivity index (χ2v) is 6.26. The maximum atomic E-state index is 12.3. The zero-order valence-electron chi connectivity index (χ0n) is 10.4. The molecule has 0 saturated carbocycles. The van der Waals surface area contributed by atoms with Gasteiger partial charge in [-0.1, -0.05) is 6.92 Å². The largest absolute Gasteiger partial charge is 0.333 e. The summed E-state index contributed by atoms with van der Waals surface area (Å²) in [5.41, 5.74) is 0. The second kappa shape index (κ2) is 4.05. The fraction of sp³-hybridized carbons (Fsp3) is 0.583. The van der Waals surface area contributed by atoms with Gasteiger partial charge in [0.05, 0.1) is 0 Å². The van der Waals surface area contributed by atoms with Crippen LogP contribution in [-0.2, 0) is 4.79 Å². The van der Waals surface area contributed by atoms with Crippen molar-refractivity contribution >= 4 is 28.4 Å². The first-order valence-corrected chi connectivity index (χ1v) is 6.96. The van der Waals surface area contributed by atoms with Gasteiger partial charge in [-0.25, -0.2) is 14.7 Å². The summed E-state index contributed by atoms with van der Waals surface area (Å²) in [5, 5.41) is 0.504. The van der Waals surface area contributed by atoms with Crippen molar-refractivity contribution in [2.45, 2.75) is 32.7 Å². The third-order valence-corrected chi connectivity index (χ3v) is 4.51. The van der Waals surface area contributed by atoms with Crippen LogP contribution in [0.3, 0.4) is 0 Å². The van der Waals surface area contributed by atoms with Crippen LogP contribution in [-0.4, -0.2) is 34.4 Å². The van der Waals surface area contributed by atoms with Crippen molar-refractivity contribution < 1.29 is 9.59 Å². The Morgan fingerprint density at radius 1 is 1.44 bits per heavy atom. The second-order valence-electron chi connectivity index (χ2n) is 5.05.